The van der Waals surface area contributed by atoms with Crippen LogP contribution in [0.1, 0.15) is 24.4 Å². The van der Waals surface area contributed by atoms with Gasteiger partial charge in [0, 0.05) is 28.4 Å². The van der Waals surface area contributed by atoms with Crippen molar-refractivity contribution >= 4 is 17.3 Å². The van der Waals surface area contributed by atoms with Gasteiger partial charge < -0.3 is 5.32 Å². The van der Waals surface area contributed by atoms with Crippen LogP contribution >= 0.6 is 11.6 Å². The highest BCUT2D eigenvalue weighted by Gasteiger charge is 2.28. The van der Waals surface area contributed by atoms with Gasteiger partial charge in [0.25, 0.3) is 0 Å². The lowest BCUT2D eigenvalue weighted by Gasteiger charge is -2.10. The fourth-order valence-corrected chi connectivity index (χ4v) is 2.84. The van der Waals surface area contributed by atoms with E-state index in [4.69, 9.17) is 11.6 Å². The molecule has 1 aliphatic rings. The van der Waals surface area contributed by atoms with E-state index in [9.17, 15) is 4.39 Å². The van der Waals surface area contributed by atoms with Gasteiger partial charge in [0.1, 0.15) is 5.82 Å². The highest BCUT2D eigenvalue weighted by molar-refractivity contribution is 6.31. The van der Waals surface area contributed by atoms with Crippen LogP contribution in [0, 0.1) is 5.82 Å². The summed E-state index contributed by atoms with van der Waals surface area (Å²) in [6.07, 6.45) is 2.23. The molecule has 3 aromatic rings. The second-order valence-electron chi connectivity index (χ2n) is 5.81. The van der Waals surface area contributed by atoms with Crippen LogP contribution in [0.4, 0.5) is 10.1 Å². The summed E-state index contributed by atoms with van der Waals surface area (Å²) in [6.45, 7) is 0.308. The Morgan fingerprint density at radius 2 is 2.04 bits per heavy atom. The Bertz CT molecular complexity index is 855. The number of aromatic nitrogens is 4. The van der Waals surface area contributed by atoms with Crippen molar-refractivity contribution in [2.45, 2.75) is 25.4 Å². The molecule has 0 unspecified atom stereocenters. The summed E-state index contributed by atoms with van der Waals surface area (Å²) in [6, 6.07) is 12.9. The molecule has 0 aliphatic heterocycles. The summed E-state index contributed by atoms with van der Waals surface area (Å²) >= 11 is 6.06. The summed E-state index contributed by atoms with van der Waals surface area (Å²) in [5.74, 6) is 0.439. The Hall–Kier alpha value is -2.47. The number of hydrogen-bond donors (Lipinski definition) is 1. The molecule has 1 aliphatic carbocycles. The fraction of sp³-hybridized carbons (Fsp3) is 0.235. The van der Waals surface area contributed by atoms with Gasteiger partial charge in [-0.25, -0.2) is 9.07 Å². The maximum Gasteiger partial charge on any atom is 0.182 e. The third-order valence-electron chi connectivity index (χ3n) is 4.04. The predicted molar refractivity (Wildman–Crippen MR) is 90.3 cm³/mol. The summed E-state index contributed by atoms with van der Waals surface area (Å²) < 4.78 is 15.7. The third-order valence-corrected chi connectivity index (χ3v) is 4.39. The molecule has 122 valence electrons. The number of nitrogens with zero attached hydrogens (tertiary/aromatic N) is 4. The summed E-state index contributed by atoms with van der Waals surface area (Å²) in [4.78, 5) is 0. The smallest absolute Gasteiger partial charge is 0.182 e. The van der Waals surface area contributed by atoms with E-state index < -0.39 is 0 Å². The van der Waals surface area contributed by atoms with E-state index in [0.29, 0.717) is 23.2 Å². The van der Waals surface area contributed by atoms with Gasteiger partial charge in [-0.3, -0.25) is 0 Å². The first-order valence-corrected chi connectivity index (χ1v) is 8.15. The number of tetrazole rings is 1. The number of halogens is 2. The van der Waals surface area contributed by atoms with E-state index in [2.05, 4.69) is 20.8 Å². The van der Waals surface area contributed by atoms with Gasteiger partial charge >= 0.3 is 0 Å². The Morgan fingerprint density at radius 1 is 1.21 bits per heavy atom. The summed E-state index contributed by atoms with van der Waals surface area (Å²) in [5, 5.41) is 15.6. The van der Waals surface area contributed by atoms with Crippen LogP contribution in [-0.4, -0.2) is 20.2 Å². The zero-order chi connectivity index (χ0) is 16.5. The fourth-order valence-electron chi connectivity index (χ4n) is 2.61. The van der Waals surface area contributed by atoms with Crippen LogP contribution in [-0.2, 0) is 6.54 Å². The molecule has 5 nitrogen and oxygen atoms in total. The summed E-state index contributed by atoms with van der Waals surface area (Å²) in [5.41, 5.74) is 2.24. The molecule has 2 aromatic carbocycles. The van der Waals surface area contributed by atoms with Gasteiger partial charge in [-0.15, -0.1) is 5.10 Å². The molecule has 1 fully saturated rings. The minimum absolute atomic E-state index is 0.308. The molecule has 7 heteroatoms. The lowest BCUT2D eigenvalue weighted by Crippen LogP contribution is -2.03. The van der Waals surface area contributed by atoms with Crippen LogP contribution in [0.15, 0.2) is 42.5 Å². The summed E-state index contributed by atoms with van der Waals surface area (Å²) in [7, 11) is 0. The van der Waals surface area contributed by atoms with Crippen LogP contribution in [0.5, 0.6) is 0 Å². The number of rotatable bonds is 5. The van der Waals surface area contributed by atoms with Gasteiger partial charge in [-0.05, 0) is 47.5 Å². The average Bonchev–Trinajstić information content (AvgIpc) is 3.31. The molecule has 1 N–H and O–H groups in total. The standard InChI is InChI=1S/C17H15ClFN5/c18-15-5-2-6-16(19)14(15)10-20-12-4-1-3-11(9-12)17-21-22-23-24(17)13-7-8-13/h1-6,9,13,20H,7-8,10H2. The van der Waals surface area contributed by atoms with Crippen LogP contribution in [0.2, 0.25) is 5.02 Å². The zero-order valence-corrected chi connectivity index (χ0v) is 13.5. The van der Waals surface area contributed by atoms with E-state index in [1.165, 1.54) is 6.07 Å². The molecule has 0 atom stereocenters. The molecule has 1 saturated carbocycles. The zero-order valence-electron chi connectivity index (χ0n) is 12.8. The maximum absolute atomic E-state index is 13.9. The second-order valence-corrected chi connectivity index (χ2v) is 6.22. The molecule has 1 aromatic heterocycles. The lowest BCUT2D eigenvalue weighted by molar-refractivity contribution is 0.613. The monoisotopic (exact) mass is 343 g/mol. The molecular formula is C17H15ClFN5. The van der Waals surface area contributed by atoms with Crippen LogP contribution in [0.25, 0.3) is 11.4 Å². The molecule has 0 bridgehead atoms. The van der Waals surface area contributed by atoms with Gasteiger partial charge in [-0.1, -0.05) is 29.8 Å². The van der Waals surface area contributed by atoms with Crippen molar-refractivity contribution in [1.82, 2.24) is 20.2 Å². The second kappa shape index (κ2) is 6.20. The first-order chi connectivity index (χ1) is 11.7. The largest absolute Gasteiger partial charge is 0.381 e. The van der Waals surface area contributed by atoms with E-state index in [1.54, 1.807) is 12.1 Å². The SMILES string of the molecule is Fc1cccc(Cl)c1CNc1cccc(-c2nnnn2C2CC2)c1. The van der Waals surface area contributed by atoms with Gasteiger partial charge in [0.15, 0.2) is 5.82 Å². The Labute approximate surface area is 143 Å². The highest BCUT2D eigenvalue weighted by atomic mass is 35.5. The van der Waals surface area contributed by atoms with Crippen molar-refractivity contribution in [2.75, 3.05) is 5.32 Å². The van der Waals surface area contributed by atoms with Crippen molar-refractivity contribution in [3.8, 4) is 11.4 Å². The highest BCUT2D eigenvalue weighted by Crippen LogP contribution is 2.36. The number of nitrogens with one attached hydrogen (secondary N) is 1. The average molecular weight is 344 g/mol. The van der Waals surface area contributed by atoms with E-state index >= 15 is 0 Å². The van der Waals surface area contributed by atoms with Crippen molar-refractivity contribution < 1.29 is 4.39 Å². The van der Waals surface area contributed by atoms with E-state index in [1.807, 2.05) is 28.9 Å². The molecule has 1 heterocycles. The third kappa shape index (κ3) is 2.97. The van der Waals surface area contributed by atoms with Gasteiger partial charge in [-0.2, -0.15) is 0 Å². The number of benzene rings is 2. The minimum Gasteiger partial charge on any atom is -0.381 e. The van der Waals surface area contributed by atoms with Gasteiger partial charge in [0.2, 0.25) is 0 Å². The molecule has 4 rings (SSSR count). The van der Waals surface area contributed by atoms with Gasteiger partial charge in [0.05, 0.1) is 6.04 Å². The van der Waals surface area contributed by atoms with Crippen molar-refractivity contribution in [3.05, 3.63) is 58.9 Å². The van der Waals surface area contributed by atoms with E-state index in [-0.39, 0.29) is 5.82 Å². The topological polar surface area (TPSA) is 55.6 Å². The van der Waals surface area contributed by atoms with Crippen molar-refractivity contribution in [3.63, 3.8) is 0 Å². The molecule has 0 spiro atoms. The van der Waals surface area contributed by atoms with Crippen molar-refractivity contribution in [2.24, 2.45) is 0 Å². The normalized spacial score (nSPS) is 13.9. The Morgan fingerprint density at radius 3 is 2.83 bits per heavy atom. The molecule has 0 amide bonds. The van der Waals surface area contributed by atoms with Crippen molar-refractivity contribution in [1.29, 1.82) is 0 Å². The quantitative estimate of drug-likeness (QED) is 0.758. The molecule has 24 heavy (non-hydrogen) atoms. The van der Waals surface area contributed by atoms with Crippen LogP contribution < -0.4 is 5.32 Å². The molecule has 0 radical (unpaired) electrons. The van der Waals surface area contributed by atoms with Crippen LogP contribution in [0.3, 0.4) is 0 Å². The van der Waals surface area contributed by atoms with E-state index in [0.717, 1.165) is 29.9 Å². The number of anilines is 1. The first-order valence-electron chi connectivity index (χ1n) is 7.77. The lowest BCUT2D eigenvalue weighted by atomic mass is 10.1. The Kier molecular flexibility index (Phi) is 3.90. The number of hydrogen-bond acceptors (Lipinski definition) is 4. The maximum atomic E-state index is 13.9. The molecule has 0 saturated heterocycles. The Balaban J connectivity index is 1.56. The minimum atomic E-state index is -0.316. The predicted octanol–water partition coefficient (Wildman–Crippen LogP) is 4.08. The molecular weight excluding hydrogens is 329 g/mol. The first kappa shape index (κ1) is 15.1.